The number of aromatic nitrogens is 2. The highest BCUT2D eigenvalue weighted by molar-refractivity contribution is 5.76. The number of nitriles is 1. The first kappa shape index (κ1) is 17.2. The Balaban J connectivity index is 2.65. The highest BCUT2D eigenvalue weighted by Gasteiger charge is 2.15. The number of hydrogen-bond acceptors (Lipinski definition) is 3. The Hall–Kier alpha value is -1.83. The molecule has 0 saturated carbocycles. The van der Waals surface area contributed by atoms with Crippen LogP contribution in [0.3, 0.4) is 0 Å². The summed E-state index contributed by atoms with van der Waals surface area (Å²) in [5.74, 6) is 0.656. The number of nitrogens with zero attached hydrogens (tertiary/aromatic N) is 4. The Morgan fingerprint density at radius 3 is 2.67 bits per heavy atom. The molecule has 0 atom stereocenters. The van der Waals surface area contributed by atoms with Gasteiger partial charge in [-0.3, -0.25) is 9.48 Å². The Labute approximate surface area is 127 Å². The van der Waals surface area contributed by atoms with Crippen LogP contribution in [0.15, 0.2) is 0 Å². The molecule has 0 bridgehead atoms. The van der Waals surface area contributed by atoms with E-state index in [1.54, 1.807) is 4.90 Å². The quantitative estimate of drug-likeness (QED) is 0.775. The molecule has 116 valence electrons. The minimum Gasteiger partial charge on any atom is -0.345 e. The van der Waals surface area contributed by atoms with E-state index < -0.39 is 0 Å². The topological polar surface area (TPSA) is 61.9 Å². The smallest absolute Gasteiger partial charge is 0.222 e. The zero-order valence-electron chi connectivity index (χ0n) is 13.8. The number of amides is 1. The van der Waals surface area contributed by atoms with E-state index in [1.165, 1.54) is 0 Å². The van der Waals surface area contributed by atoms with Crippen molar-refractivity contribution in [2.45, 2.75) is 53.5 Å². The first-order chi connectivity index (χ1) is 9.86. The van der Waals surface area contributed by atoms with Gasteiger partial charge >= 0.3 is 0 Å². The van der Waals surface area contributed by atoms with Gasteiger partial charge in [0, 0.05) is 25.7 Å². The highest BCUT2D eigenvalue weighted by Crippen LogP contribution is 2.16. The monoisotopic (exact) mass is 290 g/mol. The Morgan fingerprint density at radius 1 is 1.43 bits per heavy atom. The molecule has 0 aromatic carbocycles. The van der Waals surface area contributed by atoms with Crippen LogP contribution >= 0.6 is 0 Å². The number of carbonyl (C=O) groups excluding carboxylic acids is 1. The summed E-state index contributed by atoms with van der Waals surface area (Å²) in [6.07, 6.45) is 1.68. The van der Waals surface area contributed by atoms with Crippen LogP contribution in [0.25, 0.3) is 0 Å². The van der Waals surface area contributed by atoms with Crippen LogP contribution in [-0.2, 0) is 17.8 Å². The minimum atomic E-state index is 0.173. The summed E-state index contributed by atoms with van der Waals surface area (Å²) in [5.41, 5.74) is 3.17. The third-order valence-corrected chi connectivity index (χ3v) is 3.62. The van der Waals surface area contributed by atoms with E-state index in [4.69, 9.17) is 5.26 Å². The van der Waals surface area contributed by atoms with Gasteiger partial charge in [-0.2, -0.15) is 10.4 Å². The lowest BCUT2D eigenvalue weighted by Crippen LogP contribution is -2.30. The number of hydrogen-bond donors (Lipinski definition) is 0. The number of rotatable bonds is 7. The van der Waals surface area contributed by atoms with Crippen molar-refractivity contribution in [1.82, 2.24) is 14.7 Å². The molecule has 21 heavy (non-hydrogen) atoms. The van der Waals surface area contributed by atoms with Crippen LogP contribution in [0.5, 0.6) is 0 Å². The van der Waals surface area contributed by atoms with Gasteiger partial charge in [0.15, 0.2) is 0 Å². The molecule has 0 unspecified atom stereocenters. The summed E-state index contributed by atoms with van der Waals surface area (Å²) in [6, 6.07) is 2.13. The van der Waals surface area contributed by atoms with E-state index in [1.807, 2.05) is 25.6 Å². The van der Waals surface area contributed by atoms with Crippen molar-refractivity contribution in [1.29, 1.82) is 5.26 Å². The van der Waals surface area contributed by atoms with Crippen molar-refractivity contribution < 1.29 is 4.79 Å². The molecule has 0 N–H and O–H groups in total. The standard InChI is InChI=1S/C16H26N4O/c1-12(2)11-19(5)16(21)8-7-15-13(3)18-20(14(15)4)10-6-9-17/h12H,6-8,10-11H2,1-5H3. The van der Waals surface area contributed by atoms with Gasteiger partial charge in [-0.1, -0.05) is 13.8 Å². The van der Waals surface area contributed by atoms with E-state index in [9.17, 15) is 4.79 Å². The third kappa shape index (κ3) is 4.89. The summed E-state index contributed by atoms with van der Waals surface area (Å²) < 4.78 is 1.87. The lowest BCUT2D eigenvalue weighted by molar-refractivity contribution is -0.130. The maximum Gasteiger partial charge on any atom is 0.222 e. The van der Waals surface area contributed by atoms with Gasteiger partial charge in [0.05, 0.1) is 24.7 Å². The van der Waals surface area contributed by atoms with E-state index >= 15 is 0 Å². The molecule has 0 fully saturated rings. The average molecular weight is 290 g/mol. The fraction of sp³-hybridized carbons (Fsp3) is 0.688. The fourth-order valence-corrected chi connectivity index (χ4v) is 2.54. The van der Waals surface area contributed by atoms with Gasteiger partial charge in [-0.25, -0.2) is 0 Å². The Morgan fingerprint density at radius 2 is 2.10 bits per heavy atom. The highest BCUT2D eigenvalue weighted by atomic mass is 16.2. The van der Waals surface area contributed by atoms with Crippen LogP contribution in [0, 0.1) is 31.1 Å². The molecule has 1 heterocycles. The maximum absolute atomic E-state index is 12.1. The Kier molecular flexibility index (Phi) is 6.41. The molecule has 0 aliphatic carbocycles. The van der Waals surface area contributed by atoms with Crippen molar-refractivity contribution in [2.75, 3.05) is 13.6 Å². The molecule has 1 rings (SSSR count). The first-order valence-electron chi connectivity index (χ1n) is 7.50. The van der Waals surface area contributed by atoms with Crippen LogP contribution in [-0.4, -0.2) is 34.2 Å². The lowest BCUT2D eigenvalue weighted by atomic mass is 10.1. The van der Waals surface area contributed by atoms with Crippen molar-refractivity contribution in [3.8, 4) is 6.07 Å². The third-order valence-electron chi connectivity index (χ3n) is 3.62. The molecule has 5 heteroatoms. The van der Waals surface area contributed by atoms with Gasteiger partial charge < -0.3 is 4.90 Å². The first-order valence-corrected chi connectivity index (χ1v) is 7.50. The van der Waals surface area contributed by atoms with E-state index in [0.717, 1.165) is 23.5 Å². The van der Waals surface area contributed by atoms with Crippen LogP contribution in [0.1, 0.15) is 43.6 Å². The van der Waals surface area contributed by atoms with Crippen molar-refractivity contribution in [3.63, 3.8) is 0 Å². The van der Waals surface area contributed by atoms with Crippen LogP contribution in [0.4, 0.5) is 0 Å². The second-order valence-corrected chi connectivity index (χ2v) is 5.95. The minimum absolute atomic E-state index is 0.173. The zero-order chi connectivity index (χ0) is 16.0. The van der Waals surface area contributed by atoms with Gasteiger partial charge in [0.1, 0.15) is 0 Å². The van der Waals surface area contributed by atoms with Crippen molar-refractivity contribution in [2.24, 2.45) is 5.92 Å². The summed E-state index contributed by atoms with van der Waals surface area (Å²) >= 11 is 0. The van der Waals surface area contributed by atoms with Crippen molar-refractivity contribution >= 4 is 5.91 Å². The lowest BCUT2D eigenvalue weighted by Gasteiger charge is -2.19. The molecule has 0 spiro atoms. The van der Waals surface area contributed by atoms with Gasteiger partial charge in [0.2, 0.25) is 5.91 Å². The predicted octanol–water partition coefficient (Wildman–Crippen LogP) is 2.46. The zero-order valence-corrected chi connectivity index (χ0v) is 13.8. The van der Waals surface area contributed by atoms with Crippen LogP contribution < -0.4 is 0 Å². The molecule has 1 aromatic heterocycles. The molecule has 1 amide bonds. The van der Waals surface area contributed by atoms with Gasteiger partial charge in [-0.05, 0) is 31.7 Å². The molecule has 5 nitrogen and oxygen atoms in total. The van der Waals surface area contributed by atoms with Gasteiger partial charge in [-0.15, -0.1) is 0 Å². The fourth-order valence-electron chi connectivity index (χ4n) is 2.54. The predicted molar refractivity (Wildman–Crippen MR) is 82.7 cm³/mol. The van der Waals surface area contributed by atoms with E-state index in [-0.39, 0.29) is 5.91 Å². The van der Waals surface area contributed by atoms with E-state index in [0.29, 0.717) is 31.7 Å². The SMILES string of the molecule is Cc1nn(CCC#N)c(C)c1CCC(=O)N(C)CC(C)C. The number of aryl methyl sites for hydroxylation is 2. The van der Waals surface area contributed by atoms with Crippen molar-refractivity contribution in [3.05, 3.63) is 17.0 Å². The van der Waals surface area contributed by atoms with Gasteiger partial charge in [0.25, 0.3) is 0 Å². The molecule has 0 radical (unpaired) electrons. The maximum atomic E-state index is 12.1. The molecule has 0 aliphatic rings. The largest absolute Gasteiger partial charge is 0.345 e. The van der Waals surface area contributed by atoms with Crippen LogP contribution in [0.2, 0.25) is 0 Å². The summed E-state index contributed by atoms with van der Waals surface area (Å²) in [4.78, 5) is 13.9. The normalized spacial score (nSPS) is 10.7. The summed E-state index contributed by atoms with van der Waals surface area (Å²) in [6.45, 7) is 9.60. The summed E-state index contributed by atoms with van der Waals surface area (Å²) in [7, 11) is 1.86. The molecule has 1 aromatic rings. The van der Waals surface area contributed by atoms with E-state index in [2.05, 4.69) is 25.0 Å². The Bertz CT molecular complexity index is 525. The molecule has 0 saturated heterocycles. The molecular formula is C16H26N4O. The molecule has 0 aliphatic heterocycles. The number of carbonyl (C=O) groups is 1. The second-order valence-electron chi connectivity index (χ2n) is 5.95. The molecular weight excluding hydrogens is 264 g/mol. The second kappa shape index (κ2) is 7.82. The average Bonchev–Trinajstić information content (AvgIpc) is 2.67. The summed E-state index contributed by atoms with van der Waals surface area (Å²) in [5, 5.41) is 13.1.